The van der Waals surface area contributed by atoms with Crippen molar-refractivity contribution < 1.29 is 33.1 Å². The largest absolute Gasteiger partial charge is 0.467 e. The van der Waals surface area contributed by atoms with Gasteiger partial charge in [0.15, 0.2) is 0 Å². The molecular weight excluding hydrogens is 454 g/mol. The number of rotatable bonds is 3. The second-order valence-electron chi connectivity index (χ2n) is 9.99. The van der Waals surface area contributed by atoms with Gasteiger partial charge in [-0.25, -0.2) is 4.79 Å². The van der Waals surface area contributed by atoms with Crippen molar-refractivity contribution >= 4 is 23.7 Å². The molecule has 1 spiro atoms. The van der Waals surface area contributed by atoms with Crippen molar-refractivity contribution in [2.75, 3.05) is 32.8 Å². The zero-order valence-electron chi connectivity index (χ0n) is 19.8. The fraction of sp³-hybridized carbons (Fsp3) is 0.600. The molecule has 6 rings (SSSR count). The molecule has 4 fully saturated rings. The van der Waals surface area contributed by atoms with Gasteiger partial charge in [0.25, 0.3) is 0 Å². The molecule has 6 heterocycles. The number of fused-ring (bicyclic) bond motifs is 2. The van der Waals surface area contributed by atoms with Crippen LogP contribution >= 0.6 is 0 Å². The predicted octanol–water partition coefficient (Wildman–Crippen LogP) is 1.38. The Bertz CT molecular complexity index is 1090. The number of hydrogen-bond donors (Lipinski definition) is 0. The van der Waals surface area contributed by atoms with Gasteiger partial charge >= 0.3 is 6.09 Å². The van der Waals surface area contributed by atoms with E-state index in [1.807, 2.05) is 19.1 Å². The van der Waals surface area contributed by atoms with Crippen LogP contribution < -0.4 is 0 Å². The molecule has 0 saturated carbocycles. The predicted molar refractivity (Wildman–Crippen MR) is 120 cm³/mol. The average molecular weight is 484 g/mol. The fourth-order valence-electron chi connectivity index (χ4n) is 6.78. The molecule has 10 nitrogen and oxygen atoms in total. The molecule has 5 aliphatic heterocycles. The summed E-state index contributed by atoms with van der Waals surface area (Å²) in [4.78, 5) is 57.9. The SMILES string of the molecule is CCOC(=O)N1CCN(C(=O)[C@H]2[C@@H]3C=C[C@]4(O3)[C@H]2C(=O)N2[C@H](c3ccco3)CC(=O)[C@H](C)[C@@H]24)CC1. The number of Topliss-reactive ketones (excluding diaryl/α,β-unsaturated/α-hetero) is 1. The molecule has 7 atom stereocenters. The number of ketones is 1. The first-order valence-electron chi connectivity index (χ1n) is 12.3. The molecule has 5 aliphatic rings. The van der Waals surface area contributed by atoms with Crippen molar-refractivity contribution in [2.24, 2.45) is 17.8 Å². The molecular formula is C25H29N3O7. The molecule has 35 heavy (non-hydrogen) atoms. The summed E-state index contributed by atoms with van der Waals surface area (Å²) < 4.78 is 17.1. The lowest BCUT2D eigenvalue weighted by molar-refractivity contribution is -0.150. The number of carbonyl (C=O) groups is 4. The number of nitrogens with zero attached hydrogens (tertiary/aromatic N) is 3. The molecule has 0 radical (unpaired) electrons. The lowest BCUT2D eigenvalue weighted by Gasteiger charge is -2.43. The Morgan fingerprint density at radius 2 is 1.91 bits per heavy atom. The van der Waals surface area contributed by atoms with Crippen molar-refractivity contribution in [1.29, 1.82) is 0 Å². The van der Waals surface area contributed by atoms with Gasteiger partial charge in [-0.3, -0.25) is 14.4 Å². The third-order valence-corrected chi connectivity index (χ3v) is 8.35. The van der Waals surface area contributed by atoms with Crippen LogP contribution in [0.25, 0.3) is 0 Å². The number of amides is 3. The molecule has 0 unspecified atom stereocenters. The van der Waals surface area contributed by atoms with Gasteiger partial charge in [-0.05, 0) is 19.1 Å². The minimum absolute atomic E-state index is 0.0563. The lowest BCUT2D eigenvalue weighted by Crippen LogP contribution is -2.55. The van der Waals surface area contributed by atoms with E-state index in [9.17, 15) is 19.2 Å². The summed E-state index contributed by atoms with van der Waals surface area (Å²) in [6.07, 6.45) is 4.61. The van der Waals surface area contributed by atoms with E-state index in [4.69, 9.17) is 13.9 Å². The average Bonchev–Trinajstić information content (AvgIpc) is 3.64. The summed E-state index contributed by atoms with van der Waals surface area (Å²) >= 11 is 0. The molecule has 0 N–H and O–H groups in total. The van der Waals surface area contributed by atoms with Crippen molar-refractivity contribution in [3.63, 3.8) is 0 Å². The van der Waals surface area contributed by atoms with Crippen LogP contribution in [0.2, 0.25) is 0 Å². The normalized spacial score (nSPS) is 37.6. The third-order valence-electron chi connectivity index (χ3n) is 8.35. The van der Waals surface area contributed by atoms with Crippen molar-refractivity contribution in [1.82, 2.24) is 14.7 Å². The molecule has 2 bridgehead atoms. The maximum absolute atomic E-state index is 14.0. The Morgan fingerprint density at radius 3 is 2.60 bits per heavy atom. The van der Waals surface area contributed by atoms with Crippen LogP contribution in [0.4, 0.5) is 4.79 Å². The number of piperazine rings is 1. The van der Waals surface area contributed by atoms with E-state index in [0.717, 1.165) is 0 Å². The molecule has 186 valence electrons. The Balaban J connectivity index is 1.28. The standard InChI is InChI=1S/C25H29N3O7/c1-3-33-24(32)27-10-8-26(9-11-27)22(30)19-18-6-7-25(35-18)20(19)23(31)28-15(17-5-4-12-34-17)13-16(29)14(2)21(25)28/h4-7,12,14-15,18-21H,3,8-11,13H2,1-2H3/t14-,15-,18-,19-,20+,21+,25-/m0/s1. The zero-order chi connectivity index (χ0) is 24.5. The fourth-order valence-corrected chi connectivity index (χ4v) is 6.78. The molecule has 0 aromatic carbocycles. The summed E-state index contributed by atoms with van der Waals surface area (Å²) in [5, 5.41) is 0. The van der Waals surface area contributed by atoms with Crippen molar-refractivity contribution in [3.8, 4) is 0 Å². The van der Waals surface area contributed by atoms with Crippen molar-refractivity contribution in [2.45, 2.75) is 44.1 Å². The molecule has 1 aromatic rings. The van der Waals surface area contributed by atoms with Gasteiger partial charge in [-0.15, -0.1) is 0 Å². The third kappa shape index (κ3) is 3.05. The summed E-state index contributed by atoms with van der Waals surface area (Å²) in [5.41, 5.74) is -1.00. The van der Waals surface area contributed by atoms with Gasteiger partial charge in [0.05, 0.1) is 42.9 Å². The number of piperidine rings is 1. The van der Waals surface area contributed by atoms with E-state index in [2.05, 4.69) is 0 Å². The first kappa shape index (κ1) is 22.3. The van der Waals surface area contributed by atoms with E-state index in [-0.39, 0.29) is 30.1 Å². The molecule has 10 heteroatoms. The van der Waals surface area contributed by atoms with Crippen LogP contribution in [0, 0.1) is 17.8 Å². The van der Waals surface area contributed by atoms with Gasteiger partial charge in [0, 0.05) is 38.5 Å². The summed E-state index contributed by atoms with van der Waals surface area (Å²) in [6, 6.07) is 2.53. The van der Waals surface area contributed by atoms with Crippen LogP contribution in [-0.2, 0) is 23.9 Å². The Hall–Kier alpha value is -3.14. The second-order valence-corrected chi connectivity index (χ2v) is 9.99. The van der Waals surface area contributed by atoms with Gasteiger partial charge < -0.3 is 28.6 Å². The van der Waals surface area contributed by atoms with Crippen LogP contribution in [0.5, 0.6) is 0 Å². The first-order valence-corrected chi connectivity index (χ1v) is 12.3. The quantitative estimate of drug-likeness (QED) is 0.598. The van der Waals surface area contributed by atoms with Gasteiger partial charge in [0.2, 0.25) is 11.8 Å². The maximum Gasteiger partial charge on any atom is 0.409 e. The monoisotopic (exact) mass is 483 g/mol. The van der Waals surface area contributed by atoms with E-state index < -0.39 is 41.5 Å². The molecule has 4 saturated heterocycles. The summed E-state index contributed by atoms with van der Waals surface area (Å²) in [6.45, 7) is 5.40. The minimum atomic E-state index is -1.00. The zero-order valence-corrected chi connectivity index (χ0v) is 19.8. The number of hydrogen-bond acceptors (Lipinski definition) is 7. The number of ether oxygens (including phenoxy) is 2. The lowest BCUT2D eigenvalue weighted by atomic mass is 9.70. The maximum atomic E-state index is 14.0. The number of carbonyl (C=O) groups excluding carboxylic acids is 4. The minimum Gasteiger partial charge on any atom is -0.467 e. The molecule has 3 amide bonds. The van der Waals surface area contributed by atoms with Crippen molar-refractivity contribution in [3.05, 3.63) is 36.3 Å². The highest BCUT2D eigenvalue weighted by molar-refractivity contribution is 5.96. The Morgan fingerprint density at radius 1 is 1.17 bits per heavy atom. The van der Waals surface area contributed by atoms with Crippen LogP contribution in [0.1, 0.15) is 32.1 Å². The van der Waals surface area contributed by atoms with Gasteiger partial charge in [0.1, 0.15) is 17.1 Å². The topological polar surface area (TPSA) is 110 Å². The van der Waals surface area contributed by atoms with Gasteiger partial charge in [-0.2, -0.15) is 0 Å². The Kier molecular flexibility index (Phi) is 5.07. The van der Waals surface area contributed by atoms with E-state index in [1.54, 1.807) is 33.8 Å². The molecule has 0 aliphatic carbocycles. The van der Waals surface area contributed by atoms with Crippen LogP contribution in [-0.4, -0.2) is 88.9 Å². The van der Waals surface area contributed by atoms with Crippen LogP contribution in [0.3, 0.4) is 0 Å². The number of furan rings is 1. The summed E-state index contributed by atoms with van der Waals surface area (Å²) in [5.74, 6) is -1.45. The highest BCUT2D eigenvalue weighted by Gasteiger charge is 2.74. The first-order chi connectivity index (χ1) is 16.9. The summed E-state index contributed by atoms with van der Waals surface area (Å²) in [7, 11) is 0. The Labute approximate surface area is 202 Å². The van der Waals surface area contributed by atoms with E-state index >= 15 is 0 Å². The van der Waals surface area contributed by atoms with Gasteiger partial charge in [-0.1, -0.05) is 19.1 Å². The smallest absolute Gasteiger partial charge is 0.409 e. The molecule has 1 aromatic heterocycles. The highest BCUT2D eigenvalue weighted by atomic mass is 16.6. The van der Waals surface area contributed by atoms with E-state index in [0.29, 0.717) is 38.5 Å². The van der Waals surface area contributed by atoms with E-state index in [1.165, 1.54) is 6.26 Å². The second kappa shape index (κ2) is 7.94. The van der Waals surface area contributed by atoms with Crippen LogP contribution in [0.15, 0.2) is 35.0 Å². The highest BCUT2D eigenvalue weighted by Crippen LogP contribution is 2.60.